The van der Waals surface area contributed by atoms with Gasteiger partial charge in [0.1, 0.15) is 0 Å². The molecule has 2 rings (SSSR count). The molecular formula is C10H10N2O2S. The number of rotatable bonds is 1. The molecule has 0 aliphatic heterocycles. The zero-order valence-electron chi connectivity index (χ0n) is 7.87. The van der Waals surface area contributed by atoms with Gasteiger partial charge in [-0.05, 0) is 12.1 Å². The number of fused-ring (bicyclic) bond motifs is 1. The lowest BCUT2D eigenvalue weighted by molar-refractivity contribution is -0.133. The lowest BCUT2D eigenvalue weighted by Gasteiger charge is -1.90. The molecule has 0 bridgehead atoms. The van der Waals surface area contributed by atoms with Crippen LogP contribution in [0.15, 0.2) is 36.7 Å². The van der Waals surface area contributed by atoms with E-state index in [1.54, 1.807) is 12.4 Å². The van der Waals surface area contributed by atoms with Crippen molar-refractivity contribution in [2.75, 3.05) is 5.75 Å². The van der Waals surface area contributed by atoms with Gasteiger partial charge in [0.25, 0.3) is 0 Å². The summed E-state index contributed by atoms with van der Waals surface area (Å²) in [5.74, 6) is -0.965. The third kappa shape index (κ3) is 3.95. The van der Waals surface area contributed by atoms with E-state index in [0.29, 0.717) is 0 Å². The fourth-order valence-corrected chi connectivity index (χ4v) is 0.910. The Balaban J connectivity index is 0.000000195. The van der Waals surface area contributed by atoms with Crippen LogP contribution in [0, 0.1) is 0 Å². The molecule has 0 fully saturated rings. The third-order valence-corrected chi connectivity index (χ3v) is 1.78. The van der Waals surface area contributed by atoms with Gasteiger partial charge in [-0.15, -0.1) is 0 Å². The third-order valence-electron chi connectivity index (χ3n) is 1.51. The molecule has 1 aromatic heterocycles. The van der Waals surface area contributed by atoms with Crippen LogP contribution in [0.25, 0.3) is 11.0 Å². The molecule has 0 amide bonds. The molecule has 0 aliphatic rings. The first-order chi connectivity index (χ1) is 7.24. The lowest BCUT2D eigenvalue weighted by Crippen LogP contribution is -1.92. The number of benzene rings is 1. The molecule has 1 heterocycles. The Bertz CT molecular complexity index is 383. The fourth-order valence-electron chi connectivity index (χ4n) is 0.910. The maximum absolute atomic E-state index is 9.29. The maximum Gasteiger partial charge on any atom is 0.313 e. The predicted molar refractivity (Wildman–Crippen MR) is 61.0 cm³/mol. The topological polar surface area (TPSA) is 63.1 Å². The summed E-state index contributed by atoms with van der Waals surface area (Å²) >= 11 is 3.42. The van der Waals surface area contributed by atoms with Crippen molar-refractivity contribution in [3.63, 3.8) is 0 Å². The number of carbonyl (C=O) groups is 1. The highest BCUT2D eigenvalue weighted by Crippen LogP contribution is 2.04. The summed E-state index contributed by atoms with van der Waals surface area (Å²) in [4.78, 5) is 17.5. The highest BCUT2D eigenvalue weighted by atomic mass is 32.1. The van der Waals surface area contributed by atoms with Gasteiger partial charge in [-0.1, -0.05) is 12.1 Å². The second-order valence-electron chi connectivity index (χ2n) is 2.60. The van der Waals surface area contributed by atoms with Crippen molar-refractivity contribution in [3.05, 3.63) is 36.7 Å². The average molecular weight is 222 g/mol. The SMILES string of the molecule is O=C(O)CS.c1ccc2nccnc2c1. The van der Waals surface area contributed by atoms with Gasteiger partial charge in [-0.3, -0.25) is 14.8 Å². The monoisotopic (exact) mass is 222 g/mol. The molecule has 1 N–H and O–H groups in total. The van der Waals surface area contributed by atoms with E-state index in [4.69, 9.17) is 5.11 Å². The van der Waals surface area contributed by atoms with E-state index >= 15 is 0 Å². The quantitative estimate of drug-likeness (QED) is 0.720. The van der Waals surface area contributed by atoms with Crippen molar-refractivity contribution in [1.82, 2.24) is 9.97 Å². The number of hydrogen-bond acceptors (Lipinski definition) is 4. The zero-order chi connectivity index (χ0) is 11.1. The highest BCUT2D eigenvalue weighted by molar-refractivity contribution is 7.81. The number of thiol groups is 1. The Kier molecular flexibility index (Phi) is 4.56. The van der Waals surface area contributed by atoms with E-state index in [1.807, 2.05) is 24.3 Å². The van der Waals surface area contributed by atoms with E-state index in [-0.39, 0.29) is 5.75 Å². The predicted octanol–water partition coefficient (Wildman–Crippen LogP) is 1.63. The van der Waals surface area contributed by atoms with Crippen LogP contribution in [0.3, 0.4) is 0 Å². The normalized spacial score (nSPS) is 9.13. The molecule has 4 nitrogen and oxygen atoms in total. The second-order valence-corrected chi connectivity index (χ2v) is 2.91. The van der Waals surface area contributed by atoms with Crippen LogP contribution in [0.5, 0.6) is 0 Å². The Morgan fingerprint density at radius 3 is 1.93 bits per heavy atom. The van der Waals surface area contributed by atoms with Gasteiger partial charge in [-0.25, -0.2) is 0 Å². The Morgan fingerprint density at radius 2 is 1.60 bits per heavy atom. The minimum atomic E-state index is -0.881. The van der Waals surface area contributed by atoms with Gasteiger partial charge >= 0.3 is 5.97 Å². The number of aliphatic carboxylic acids is 1. The smallest absolute Gasteiger partial charge is 0.313 e. The van der Waals surface area contributed by atoms with Crippen LogP contribution >= 0.6 is 12.6 Å². The van der Waals surface area contributed by atoms with Gasteiger partial charge < -0.3 is 5.11 Å². The molecule has 5 heteroatoms. The largest absolute Gasteiger partial charge is 0.481 e. The van der Waals surface area contributed by atoms with Crippen LogP contribution in [0.4, 0.5) is 0 Å². The van der Waals surface area contributed by atoms with Crippen LogP contribution in [-0.4, -0.2) is 26.8 Å². The van der Waals surface area contributed by atoms with Crippen LogP contribution in [0.1, 0.15) is 0 Å². The van der Waals surface area contributed by atoms with Gasteiger partial charge in [-0.2, -0.15) is 12.6 Å². The summed E-state index contributed by atoms with van der Waals surface area (Å²) in [5.41, 5.74) is 1.90. The molecule has 0 radical (unpaired) electrons. The zero-order valence-corrected chi connectivity index (χ0v) is 8.76. The van der Waals surface area contributed by atoms with Crippen molar-refractivity contribution < 1.29 is 9.90 Å². The number of para-hydroxylation sites is 2. The lowest BCUT2D eigenvalue weighted by atomic mass is 10.3. The summed E-state index contributed by atoms with van der Waals surface area (Å²) in [7, 11) is 0. The summed E-state index contributed by atoms with van der Waals surface area (Å²) in [6.45, 7) is 0. The maximum atomic E-state index is 9.29. The van der Waals surface area contributed by atoms with Gasteiger partial charge in [0.2, 0.25) is 0 Å². The van der Waals surface area contributed by atoms with Crippen LogP contribution in [0.2, 0.25) is 0 Å². The van der Waals surface area contributed by atoms with Crippen molar-refractivity contribution >= 4 is 29.6 Å². The first kappa shape index (κ1) is 11.5. The first-order valence-corrected chi connectivity index (χ1v) is 4.85. The van der Waals surface area contributed by atoms with Gasteiger partial charge in [0.05, 0.1) is 16.8 Å². The Hall–Kier alpha value is -1.62. The van der Waals surface area contributed by atoms with Crippen LogP contribution < -0.4 is 0 Å². The van der Waals surface area contributed by atoms with Gasteiger partial charge in [0.15, 0.2) is 0 Å². The molecule has 0 atom stereocenters. The average Bonchev–Trinajstić information content (AvgIpc) is 2.30. The van der Waals surface area contributed by atoms with Crippen molar-refractivity contribution in [1.29, 1.82) is 0 Å². The minimum absolute atomic E-state index is 0.0833. The van der Waals surface area contributed by atoms with Crippen LogP contribution in [-0.2, 0) is 4.79 Å². The molecule has 0 spiro atoms. The number of carboxylic acids is 1. The molecular weight excluding hydrogens is 212 g/mol. The standard InChI is InChI=1S/C8H6N2.C2H4O2S/c1-2-4-8-7(3-1)9-5-6-10-8;3-2(4)1-5/h1-6H;5H,1H2,(H,3,4). The minimum Gasteiger partial charge on any atom is -0.481 e. The number of hydrogen-bond donors (Lipinski definition) is 2. The summed E-state index contributed by atoms with van der Waals surface area (Å²) in [6, 6.07) is 7.80. The van der Waals surface area contributed by atoms with E-state index in [9.17, 15) is 4.79 Å². The number of nitrogens with zero attached hydrogens (tertiary/aromatic N) is 2. The summed E-state index contributed by atoms with van der Waals surface area (Å²) < 4.78 is 0. The molecule has 0 aliphatic carbocycles. The number of aromatic nitrogens is 2. The fraction of sp³-hybridized carbons (Fsp3) is 0.100. The van der Waals surface area contributed by atoms with E-state index < -0.39 is 5.97 Å². The van der Waals surface area contributed by atoms with Gasteiger partial charge in [0, 0.05) is 12.4 Å². The highest BCUT2D eigenvalue weighted by Gasteiger charge is 1.88. The van der Waals surface area contributed by atoms with Crippen molar-refractivity contribution in [3.8, 4) is 0 Å². The molecule has 0 saturated heterocycles. The van der Waals surface area contributed by atoms with E-state index in [0.717, 1.165) is 11.0 Å². The first-order valence-electron chi connectivity index (χ1n) is 4.22. The summed E-state index contributed by atoms with van der Waals surface area (Å²) in [6.07, 6.45) is 3.39. The molecule has 1 aromatic carbocycles. The molecule has 78 valence electrons. The molecule has 2 aromatic rings. The molecule has 0 saturated carbocycles. The van der Waals surface area contributed by atoms with E-state index in [1.165, 1.54) is 0 Å². The molecule has 15 heavy (non-hydrogen) atoms. The Labute approximate surface area is 92.4 Å². The van der Waals surface area contributed by atoms with E-state index in [2.05, 4.69) is 22.6 Å². The number of carboxylic acid groups (broad SMARTS) is 1. The van der Waals surface area contributed by atoms with Crippen molar-refractivity contribution in [2.24, 2.45) is 0 Å². The molecule has 0 unspecified atom stereocenters. The summed E-state index contributed by atoms with van der Waals surface area (Å²) in [5, 5.41) is 7.65. The Morgan fingerprint density at radius 1 is 1.20 bits per heavy atom. The second kappa shape index (κ2) is 5.98. The van der Waals surface area contributed by atoms with Crippen molar-refractivity contribution in [2.45, 2.75) is 0 Å².